The fourth-order valence-corrected chi connectivity index (χ4v) is 1.89. The van der Waals surface area contributed by atoms with Gasteiger partial charge < -0.3 is 21.0 Å². The van der Waals surface area contributed by atoms with Crippen LogP contribution in [-0.2, 0) is 0 Å². The Morgan fingerprint density at radius 1 is 1.50 bits per heavy atom. The van der Waals surface area contributed by atoms with Crippen LogP contribution in [0, 0.1) is 5.92 Å². The monoisotopic (exact) mass is 299 g/mol. The van der Waals surface area contributed by atoms with Crippen LogP contribution in [0.5, 0.6) is 5.75 Å². The Morgan fingerprint density at radius 2 is 2.15 bits per heavy atom. The second kappa shape index (κ2) is 7.00. The van der Waals surface area contributed by atoms with E-state index in [-0.39, 0.29) is 17.3 Å². The van der Waals surface area contributed by atoms with Gasteiger partial charge in [-0.2, -0.15) is 0 Å². The molecule has 0 aromatic heterocycles. The van der Waals surface area contributed by atoms with Gasteiger partial charge in [-0.25, -0.2) is 0 Å². The molecule has 1 aromatic carbocycles. The van der Waals surface area contributed by atoms with Crippen molar-refractivity contribution in [3.63, 3.8) is 0 Å². The fourth-order valence-electron chi connectivity index (χ4n) is 1.72. The molecule has 0 spiro atoms. The molecule has 0 fully saturated rings. The van der Waals surface area contributed by atoms with Crippen molar-refractivity contribution in [2.75, 3.05) is 7.11 Å². The maximum Gasteiger partial charge on any atom is 0.255 e. The Hall–Kier alpha value is -1.95. The number of oxime groups is 1. The minimum absolute atomic E-state index is 0.0416. The third kappa shape index (κ3) is 3.77. The first-order valence-electron chi connectivity index (χ1n) is 6.02. The van der Waals surface area contributed by atoms with Gasteiger partial charge in [-0.05, 0) is 24.1 Å². The van der Waals surface area contributed by atoms with Crippen molar-refractivity contribution in [2.24, 2.45) is 16.8 Å². The van der Waals surface area contributed by atoms with Gasteiger partial charge in [0.05, 0.1) is 18.7 Å². The van der Waals surface area contributed by atoms with E-state index in [4.69, 9.17) is 27.3 Å². The molecule has 1 rings (SSSR count). The molecule has 1 amide bonds. The summed E-state index contributed by atoms with van der Waals surface area (Å²) in [5.74, 6) is -0.113. The largest absolute Gasteiger partial charge is 0.496 e. The zero-order chi connectivity index (χ0) is 15.3. The van der Waals surface area contributed by atoms with E-state index >= 15 is 0 Å². The zero-order valence-corrected chi connectivity index (χ0v) is 12.3. The average molecular weight is 300 g/mol. The molecule has 0 heterocycles. The average Bonchev–Trinajstić information content (AvgIpc) is 2.43. The number of carbonyl (C=O) groups excluding carboxylic acids is 1. The molecule has 1 aromatic rings. The SMILES string of the molecule is COc1ccc(Cl)cc1C(=O)NC(C(N)=NO)C(C)C. The number of carbonyl (C=O) groups is 1. The molecule has 20 heavy (non-hydrogen) atoms. The van der Waals surface area contributed by atoms with Gasteiger partial charge in [0.15, 0.2) is 5.84 Å². The first-order chi connectivity index (χ1) is 9.40. The topological polar surface area (TPSA) is 96.9 Å². The summed E-state index contributed by atoms with van der Waals surface area (Å²) in [7, 11) is 1.46. The molecule has 4 N–H and O–H groups in total. The Morgan fingerprint density at radius 3 is 2.65 bits per heavy atom. The van der Waals surface area contributed by atoms with E-state index in [0.717, 1.165) is 0 Å². The number of ether oxygens (including phenoxy) is 1. The maximum atomic E-state index is 12.3. The number of hydrogen-bond acceptors (Lipinski definition) is 4. The number of benzene rings is 1. The lowest BCUT2D eigenvalue weighted by atomic mass is 10.0. The lowest BCUT2D eigenvalue weighted by molar-refractivity contribution is 0.0935. The number of nitrogens with one attached hydrogen (secondary N) is 1. The molecule has 7 heteroatoms. The summed E-state index contributed by atoms with van der Waals surface area (Å²) in [6.07, 6.45) is 0. The lowest BCUT2D eigenvalue weighted by Gasteiger charge is -2.21. The number of nitrogens with zero attached hydrogens (tertiary/aromatic N) is 1. The molecule has 110 valence electrons. The standard InChI is InChI=1S/C13H18ClN3O3/c1-7(2)11(12(15)17-19)16-13(18)9-6-8(14)4-5-10(9)20-3/h4-7,11,19H,1-3H3,(H2,15,17)(H,16,18). The van der Waals surface area contributed by atoms with E-state index in [9.17, 15) is 4.79 Å². The molecule has 0 aliphatic rings. The van der Waals surface area contributed by atoms with E-state index < -0.39 is 11.9 Å². The number of nitrogens with two attached hydrogens (primary N) is 1. The molecule has 0 aliphatic carbocycles. The van der Waals surface area contributed by atoms with Crippen LogP contribution in [0.3, 0.4) is 0 Å². The second-order valence-corrected chi connectivity index (χ2v) is 5.00. The molecule has 0 saturated heterocycles. The van der Waals surface area contributed by atoms with E-state index in [1.54, 1.807) is 12.1 Å². The Bertz CT molecular complexity index is 518. The van der Waals surface area contributed by atoms with Crippen LogP contribution in [0.1, 0.15) is 24.2 Å². The van der Waals surface area contributed by atoms with Crippen LogP contribution in [0.25, 0.3) is 0 Å². The summed E-state index contributed by atoms with van der Waals surface area (Å²) in [6.45, 7) is 3.69. The highest BCUT2D eigenvalue weighted by molar-refractivity contribution is 6.31. The molecule has 1 atom stereocenters. The molecule has 0 aliphatic heterocycles. The predicted octanol–water partition coefficient (Wildman–Crippen LogP) is 1.85. The highest BCUT2D eigenvalue weighted by atomic mass is 35.5. The summed E-state index contributed by atoms with van der Waals surface area (Å²) < 4.78 is 5.12. The summed E-state index contributed by atoms with van der Waals surface area (Å²) in [4.78, 5) is 12.3. The normalized spacial score (nSPS) is 13.2. The van der Waals surface area contributed by atoms with Crippen LogP contribution in [0.4, 0.5) is 0 Å². The first-order valence-corrected chi connectivity index (χ1v) is 6.40. The summed E-state index contributed by atoms with van der Waals surface area (Å²) >= 11 is 5.88. The van der Waals surface area contributed by atoms with Crippen molar-refractivity contribution >= 4 is 23.3 Å². The Balaban J connectivity index is 3.03. The van der Waals surface area contributed by atoms with Crippen LogP contribution in [0.2, 0.25) is 5.02 Å². The third-order valence-electron chi connectivity index (χ3n) is 2.79. The van der Waals surface area contributed by atoms with Crippen molar-refractivity contribution < 1.29 is 14.7 Å². The van der Waals surface area contributed by atoms with Gasteiger partial charge in [0, 0.05) is 5.02 Å². The van der Waals surface area contributed by atoms with Crippen molar-refractivity contribution in [3.05, 3.63) is 28.8 Å². The fraction of sp³-hybridized carbons (Fsp3) is 0.385. The zero-order valence-electron chi connectivity index (χ0n) is 11.6. The third-order valence-corrected chi connectivity index (χ3v) is 3.03. The van der Waals surface area contributed by atoms with E-state index in [0.29, 0.717) is 10.8 Å². The van der Waals surface area contributed by atoms with E-state index in [2.05, 4.69) is 10.5 Å². The Kier molecular flexibility index (Phi) is 5.64. The number of halogens is 1. The molecular formula is C13H18ClN3O3. The van der Waals surface area contributed by atoms with Crippen molar-refractivity contribution in [1.82, 2.24) is 5.32 Å². The highest BCUT2D eigenvalue weighted by Crippen LogP contribution is 2.22. The number of amidine groups is 1. The van der Waals surface area contributed by atoms with Crippen molar-refractivity contribution in [1.29, 1.82) is 0 Å². The Labute approximate surface area is 122 Å². The van der Waals surface area contributed by atoms with Gasteiger partial charge in [0.1, 0.15) is 5.75 Å². The first kappa shape index (κ1) is 16.1. The summed E-state index contributed by atoms with van der Waals surface area (Å²) in [5, 5.41) is 14.8. The van der Waals surface area contributed by atoms with E-state index in [1.807, 2.05) is 13.8 Å². The van der Waals surface area contributed by atoms with Crippen molar-refractivity contribution in [2.45, 2.75) is 19.9 Å². The quantitative estimate of drug-likeness (QED) is 0.334. The maximum absolute atomic E-state index is 12.3. The van der Waals surface area contributed by atoms with Gasteiger partial charge in [-0.15, -0.1) is 0 Å². The van der Waals surface area contributed by atoms with Gasteiger partial charge in [0.2, 0.25) is 0 Å². The number of methoxy groups -OCH3 is 1. The lowest BCUT2D eigenvalue weighted by Crippen LogP contribution is -2.47. The number of amides is 1. The van der Waals surface area contributed by atoms with Crippen molar-refractivity contribution in [3.8, 4) is 5.75 Å². The van der Waals surface area contributed by atoms with Gasteiger partial charge in [-0.1, -0.05) is 30.6 Å². The summed E-state index contributed by atoms with van der Waals surface area (Å²) in [6, 6.07) is 4.14. The minimum Gasteiger partial charge on any atom is -0.496 e. The molecule has 0 bridgehead atoms. The number of hydrogen-bond donors (Lipinski definition) is 3. The number of rotatable bonds is 5. The van der Waals surface area contributed by atoms with Crippen LogP contribution in [0.15, 0.2) is 23.4 Å². The smallest absolute Gasteiger partial charge is 0.255 e. The van der Waals surface area contributed by atoms with Gasteiger partial charge in [-0.3, -0.25) is 4.79 Å². The molecule has 6 nitrogen and oxygen atoms in total. The minimum atomic E-state index is -0.587. The summed E-state index contributed by atoms with van der Waals surface area (Å²) in [5.41, 5.74) is 5.86. The van der Waals surface area contributed by atoms with E-state index in [1.165, 1.54) is 13.2 Å². The van der Waals surface area contributed by atoms with Crippen LogP contribution in [-0.4, -0.2) is 30.1 Å². The van der Waals surface area contributed by atoms with Gasteiger partial charge >= 0.3 is 0 Å². The predicted molar refractivity (Wildman–Crippen MR) is 77.5 cm³/mol. The van der Waals surface area contributed by atoms with Gasteiger partial charge in [0.25, 0.3) is 5.91 Å². The highest BCUT2D eigenvalue weighted by Gasteiger charge is 2.23. The molecule has 0 radical (unpaired) electrons. The molecular weight excluding hydrogens is 282 g/mol. The molecule has 0 saturated carbocycles. The second-order valence-electron chi connectivity index (χ2n) is 4.56. The van der Waals surface area contributed by atoms with Crippen LogP contribution < -0.4 is 15.8 Å². The van der Waals surface area contributed by atoms with Crippen LogP contribution >= 0.6 is 11.6 Å². The molecule has 1 unspecified atom stereocenters.